The Balaban J connectivity index is 1.59. The van der Waals surface area contributed by atoms with Gasteiger partial charge in [-0.3, -0.25) is 29.4 Å². The van der Waals surface area contributed by atoms with Gasteiger partial charge in [-0.2, -0.15) is 0 Å². The molecule has 12 heteroatoms. The predicted molar refractivity (Wildman–Crippen MR) is 103 cm³/mol. The van der Waals surface area contributed by atoms with E-state index in [-0.39, 0.29) is 35.5 Å². The highest BCUT2D eigenvalue weighted by Crippen LogP contribution is 2.30. The van der Waals surface area contributed by atoms with Crippen molar-refractivity contribution in [1.29, 1.82) is 0 Å². The molecule has 11 nitrogen and oxygen atoms in total. The third-order valence-corrected chi connectivity index (χ3v) is 5.41. The summed E-state index contributed by atoms with van der Waals surface area (Å²) in [7, 11) is -3.81. The third-order valence-electron chi connectivity index (χ3n) is 4.48. The number of benzene rings is 2. The Morgan fingerprint density at radius 2 is 1.77 bits per heavy atom. The molecule has 0 bridgehead atoms. The van der Waals surface area contributed by atoms with E-state index < -0.39 is 38.4 Å². The van der Waals surface area contributed by atoms with Crippen molar-refractivity contribution in [2.24, 2.45) is 5.14 Å². The molecule has 0 aliphatic carbocycles. The van der Waals surface area contributed by atoms with Crippen molar-refractivity contribution in [2.45, 2.75) is 17.9 Å². The maximum Gasteiger partial charge on any atom is 0.282 e. The van der Waals surface area contributed by atoms with Crippen LogP contribution in [-0.4, -0.2) is 42.5 Å². The number of nitrogens with one attached hydrogen (secondary N) is 1. The molecule has 1 aliphatic heterocycles. The minimum atomic E-state index is -3.81. The van der Waals surface area contributed by atoms with E-state index in [0.29, 0.717) is 5.56 Å². The van der Waals surface area contributed by atoms with Gasteiger partial charge in [-0.1, -0.05) is 18.2 Å². The number of nitrogens with zero attached hydrogens (tertiary/aromatic N) is 2. The van der Waals surface area contributed by atoms with E-state index in [1.54, 1.807) is 0 Å². The van der Waals surface area contributed by atoms with Crippen molar-refractivity contribution in [3.8, 4) is 0 Å². The normalized spacial score (nSPS) is 13.3. The topological polar surface area (TPSA) is 170 Å². The molecule has 0 saturated heterocycles. The molecule has 2 aromatic carbocycles. The number of hydrogen-bond donors (Lipinski definition) is 2. The Bertz CT molecular complexity index is 1160. The second-order valence-electron chi connectivity index (χ2n) is 6.43. The largest absolute Gasteiger partial charge is 0.352 e. The summed E-state index contributed by atoms with van der Waals surface area (Å²) in [6.07, 6.45) is -0.200. The number of carbonyl (C=O) groups excluding carboxylic acids is 3. The number of hydrogen-bond acceptors (Lipinski definition) is 7. The maximum atomic E-state index is 12.4. The van der Waals surface area contributed by atoms with Gasteiger partial charge in [0.25, 0.3) is 17.5 Å². The van der Waals surface area contributed by atoms with Crippen LogP contribution in [0.2, 0.25) is 0 Å². The standard InChI is InChI=1S/C18H16N4O7S/c19-30(28,29)12-6-4-11(5-7-12)10-20-15(23)8-9-21-17(24)13-2-1-3-14(22(26)27)16(13)18(21)25/h1-7H,8-10H2,(H,20,23)(H2,19,28,29). The molecule has 0 radical (unpaired) electrons. The number of rotatable bonds is 7. The van der Waals surface area contributed by atoms with Crippen LogP contribution in [0, 0.1) is 10.1 Å². The van der Waals surface area contributed by atoms with Gasteiger partial charge in [-0.05, 0) is 23.8 Å². The van der Waals surface area contributed by atoms with Crippen molar-refractivity contribution in [2.75, 3.05) is 6.54 Å². The van der Waals surface area contributed by atoms with Crippen LogP contribution in [0.1, 0.15) is 32.7 Å². The van der Waals surface area contributed by atoms with E-state index in [9.17, 15) is 32.9 Å². The van der Waals surface area contributed by atoms with E-state index in [1.165, 1.54) is 36.4 Å². The second kappa shape index (κ2) is 8.00. The van der Waals surface area contributed by atoms with Gasteiger partial charge in [0.1, 0.15) is 5.56 Å². The minimum Gasteiger partial charge on any atom is -0.352 e. The summed E-state index contributed by atoms with van der Waals surface area (Å²) in [6.45, 7) is -0.142. The van der Waals surface area contributed by atoms with Crippen LogP contribution in [0.5, 0.6) is 0 Å². The number of amides is 3. The van der Waals surface area contributed by atoms with E-state index in [0.717, 1.165) is 11.0 Å². The number of carbonyl (C=O) groups is 3. The number of primary sulfonamides is 1. The molecule has 0 aromatic heterocycles. The summed E-state index contributed by atoms with van der Waals surface area (Å²) in [5, 5.41) is 18.7. The van der Waals surface area contributed by atoms with Gasteiger partial charge < -0.3 is 5.32 Å². The highest BCUT2D eigenvalue weighted by atomic mass is 32.2. The molecule has 1 aliphatic rings. The van der Waals surface area contributed by atoms with Crippen molar-refractivity contribution in [3.63, 3.8) is 0 Å². The quantitative estimate of drug-likeness (QED) is 0.365. The molecule has 30 heavy (non-hydrogen) atoms. The Hall–Kier alpha value is -3.64. The second-order valence-corrected chi connectivity index (χ2v) is 8.00. The lowest BCUT2D eigenvalue weighted by Crippen LogP contribution is -2.34. The number of nitro groups is 1. The van der Waals surface area contributed by atoms with Gasteiger partial charge >= 0.3 is 0 Å². The Morgan fingerprint density at radius 1 is 1.10 bits per heavy atom. The molecule has 156 valence electrons. The smallest absolute Gasteiger partial charge is 0.282 e. The third kappa shape index (κ3) is 4.18. The average Bonchev–Trinajstić information content (AvgIpc) is 2.94. The van der Waals surface area contributed by atoms with Crippen molar-refractivity contribution >= 4 is 33.4 Å². The monoisotopic (exact) mass is 432 g/mol. The summed E-state index contributed by atoms with van der Waals surface area (Å²) in [4.78, 5) is 48.0. The highest BCUT2D eigenvalue weighted by molar-refractivity contribution is 7.89. The zero-order valence-corrected chi connectivity index (χ0v) is 16.2. The Kier molecular flexibility index (Phi) is 5.62. The van der Waals surface area contributed by atoms with Gasteiger partial charge in [0.05, 0.1) is 15.4 Å². The number of imide groups is 1. The van der Waals surface area contributed by atoms with E-state index in [4.69, 9.17) is 5.14 Å². The fraction of sp³-hybridized carbons (Fsp3) is 0.167. The first-order valence-electron chi connectivity index (χ1n) is 8.61. The van der Waals surface area contributed by atoms with Gasteiger partial charge in [0.2, 0.25) is 15.9 Å². The first-order chi connectivity index (χ1) is 14.1. The molecule has 3 amide bonds. The van der Waals surface area contributed by atoms with Crippen LogP contribution in [0.25, 0.3) is 0 Å². The molecule has 0 spiro atoms. The fourth-order valence-corrected chi connectivity index (χ4v) is 3.49. The molecular weight excluding hydrogens is 416 g/mol. The van der Waals surface area contributed by atoms with Crippen molar-refractivity contribution < 1.29 is 27.7 Å². The summed E-state index contributed by atoms with van der Waals surface area (Å²) in [5.74, 6) is -1.96. The molecular formula is C18H16N4O7S. The average molecular weight is 432 g/mol. The van der Waals surface area contributed by atoms with Crippen LogP contribution < -0.4 is 10.5 Å². The molecule has 3 N–H and O–H groups in total. The van der Waals surface area contributed by atoms with Crippen molar-refractivity contribution in [1.82, 2.24) is 10.2 Å². The first kappa shape index (κ1) is 21.1. The van der Waals surface area contributed by atoms with E-state index in [1.807, 2.05) is 0 Å². The molecule has 0 saturated carbocycles. The Labute approximate surface area is 170 Å². The van der Waals surface area contributed by atoms with Crippen molar-refractivity contribution in [3.05, 3.63) is 69.3 Å². The minimum absolute atomic E-state index is 0.0581. The number of nitro benzene ring substituents is 1. The number of sulfonamides is 1. The number of fused-ring (bicyclic) bond motifs is 1. The SMILES string of the molecule is NS(=O)(=O)c1ccc(CNC(=O)CCN2C(=O)c3cccc([N+](=O)[O-])c3C2=O)cc1. The van der Waals surface area contributed by atoms with Crippen LogP contribution in [0.4, 0.5) is 5.69 Å². The van der Waals surface area contributed by atoms with Gasteiger partial charge in [0, 0.05) is 25.6 Å². The molecule has 2 aromatic rings. The molecule has 0 fully saturated rings. The Morgan fingerprint density at radius 3 is 2.37 bits per heavy atom. The maximum absolute atomic E-state index is 12.4. The first-order valence-corrected chi connectivity index (χ1v) is 10.2. The lowest BCUT2D eigenvalue weighted by Gasteiger charge is -2.13. The van der Waals surface area contributed by atoms with E-state index in [2.05, 4.69) is 5.32 Å². The van der Waals surface area contributed by atoms with Crippen LogP contribution in [0.15, 0.2) is 47.4 Å². The molecule has 3 rings (SSSR count). The van der Waals surface area contributed by atoms with Crippen LogP contribution >= 0.6 is 0 Å². The lowest BCUT2D eigenvalue weighted by molar-refractivity contribution is -0.385. The summed E-state index contributed by atoms with van der Waals surface area (Å²) in [5.41, 5.74) is -0.180. The molecule has 0 atom stereocenters. The van der Waals surface area contributed by atoms with Gasteiger partial charge in [0.15, 0.2) is 0 Å². The zero-order chi connectivity index (χ0) is 22.1. The van der Waals surface area contributed by atoms with E-state index >= 15 is 0 Å². The fourth-order valence-electron chi connectivity index (χ4n) is 2.97. The summed E-state index contributed by atoms with van der Waals surface area (Å²) in [6, 6.07) is 9.38. The van der Waals surface area contributed by atoms with Crippen LogP contribution in [-0.2, 0) is 21.4 Å². The molecule has 1 heterocycles. The zero-order valence-electron chi connectivity index (χ0n) is 15.4. The predicted octanol–water partition coefficient (Wildman–Crippen LogP) is 0.545. The summed E-state index contributed by atoms with van der Waals surface area (Å²) < 4.78 is 22.5. The highest BCUT2D eigenvalue weighted by Gasteiger charge is 2.40. The number of nitrogens with two attached hydrogens (primary N) is 1. The van der Waals surface area contributed by atoms with Crippen LogP contribution in [0.3, 0.4) is 0 Å². The van der Waals surface area contributed by atoms with Gasteiger partial charge in [-0.25, -0.2) is 13.6 Å². The lowest BCUT2D eigenvalue weighted by atomic mass is 10.1. The van der Waals surface area contributed by atoms with Gasteiger partial charge in [-0.15, -0.1) is 0 Å². The summed E-state index contributed by atoms with van der Waals surface area (Å²) >= 11 is 0. The molecule has 0 unspecified atom stereocenters.